The number of carboxylic acids is 1. The van der Waals surface area contributed by atoms with E-state index in [1.54, 1.807) is 18.9 Å². The van der Waals surface area contributed by atoms with E-state index in [1.165, 1.54) is 0 Å². The van der Waals surface area contributed by atoms with Crippen LogP contribution in [0.2, 0.25) is 0 Å². The van der Waals surface area contributed by atoms with Crippen molar-refractivity contribution in [2.45, 2.75) is 129 Å². The van der Waals surface area contributed by atoms with Crippen molar-refractivity contribution in [2.24, 2.45) is 17.8 Å². The van der Waals surface area contributed by atoms with Gasteiger partial charge in [-0.2, -0.15) is 0 Å². The van der Waals surface area contributed by atoms with Crippen LogP contribution in [0.1, 0.15) is 86.5 Å². The molecule has 10 atom stereocenters. The summed E-state index contributed by atoms with van der Waals surface area (Å²) < 4.78 is 18.0. The van der Waals surface area contributed by atoms with E-state index in [2.05, 4.69) is 68.4 Å². The van der Waals surface area contributed by atoms with Crippen LogP contribution in [0.3, 0.4) is 0 Å². The summed E-state index contributed by atoms with van der Waals surface area (Å²) in [5, 5.41) is 25.3. The third-order valence-electron chi connectivity index (χ3n) is 10.5. The van der Waals surface area contributed by atoms with Gasteiger partial charge < -0.3 is 44.9 Å². The van der Waals surface area contributed by atoms with Crippen LogP contribution in [0.25, 0.3) is 0 Å². The summed E-state index contributed by atoms with van der Waals surface area (Å²) in [6.45, 7) is 15.6. The first-order valence-corrected chi connectivity index (χ1v) is 18.3. The Hall–Kier alpha value is -2.51. The molecular formula is C37H64N4O8. The van der Waals surface area contributed by atoms with Gasteiger partial charge in [0.1, 0.15) is 6.04 Å². The quantitative estimate of drug-likeness (QED) is 0.0950. The van der Waals surface area contributed by atoms with Crippen molar-refractivity contribution in [2.75, 3.05) is 46.9 Å². The van der Waals surface area contributed by atoms with E-state index in [0.717, 1.165) is 37.9 Å². The smallest absolute Gasteiger partial charge is 0.326 e. The van der Waals surface area contributed by atoms with E-state index in [4.69, 9.17) is 14.2 Å². The van der Waals surface area contributed by atoms with Gasteiger partial charge in [0.15, 0.2) is 0 Å². The summed E-state index contributed by atoms with van der Waals surface area (Å²) >= 11 is 0. The zero-order valence-electron chi connectivity index (χ0n) is 31.2. The average Bonchev–Trinajstić information content (AvgIpc) is 3.71. The summed E-state index contributed by atoms with van der Waals surface area (Å²) in [5.41, 5.74) is 0.903. The number of unbranched alkanes of at least 4 members (excludes halogenated alkanes) is 1. The molecule has 3 aliphatic heterocycles. The highest BCUT2D eigenvalue weighted by atomic mass is 16.6. The van der Waals surface area contributed by atoms with Gasteiger partial charge in [-0.25, -0.2) is 9.59 Å². The van der Waals surface area contributed by atoms with Gasteiger partial charge in [-0.05, 0) is 83.8 Å². The minimum absolute atomic E-state index is 0.0542. The lowest BCUT2D eigenvalue weighted by Gasteiger charge is -2.35. The summed E-state index contributed by atoms with van der Waals surface area (Å²) in [6, 6.07) is -1.29. The topological polar surface area (TPSA) is 153 Å². The summed E-state index contributed by atoms with van der Waals surface area (Å²) in [6.07, 6.45) is 9.92. The zero-order chi connectivity index (χ0) is 36.3. The van der Waals surface area contributed by atoms with Crippen molar-refractivity contribution in [3.63, 3.8) is 0 Å². The predicted octanol–water partition coefficient (Wildman–Crippen LogP) is 3.98. The molecule has 0 radical (unpaired) electrons. The molecule has 0 spiro atoms. The number of nitrogens with one attached hydrogen (secondary N) is 2. The van der Waals surface area contributed by atoms with Gasteiger partial charge in [-0.3, -0.25) is 4.79 Å². The van der Waals surface area contributed by atoms with Crippen LogP contribution < -0.4 is 10.6 Å². The number of carbonyl (C=O) groups excluding carboxylic acids is 2. The molecule has 0 aromatic rings. The number of ether oxygens (including phenoxy) is 3. The Balaban J connectivity index is 1.37. The van der Waals surface area contributed by atoms with Gasteiger partial charge in [0.05, 0.1) is 42.5 Å². The van der Waals surface area contributed by atoms with E-state index in [-0.39, 0.29) is 47.9 Å². The number of aliphatic hydroxyl groups excluding tert-OH is 1. The number of methoxy groups -OCH3 is 1. The summed E-state index contributed by atoms with van der Waals surface area (Å²) in [7, 11) is 3.63. The number of rotatable bonds is 18. The molecule has 0 aromatic carbocycles. The number of carboxylic acid groups (broad SMARTS) is 1. The summed E-state index contributed by atoms with van der Waals surface area (Å²) in [4.78, 5) is 40.8. The molecular weight excluding hydrogens is 628 g/mol. The Morgan fingerprint density at radius 3 is 2.43 bits per heavy atom. The molecule has 3 aliphatic rings. The van der Waals surface area contributed by atoms with Crippen LogP contribution in [0, 0.1) is 17.8 Å². The zero-order valence-corrected chi connectivity index (χ0v) is 31.2. The van der Waals surface area contributed by atoms with Crippen LogP contribution in [0.4, 0.5) is 4.79 Å². The van der Waals surface area contributed by atoms with Gasteiger partial charge in [-0.15, -0.1) is 0 Å². The van der Waals surface area contributed by atoms with E-state index in [0.29, 0.717) is 57.2 Å². The molecule has 280 valence electrons. The maximum Gasteiger partial charge on any atom is 0.326 e. The van der Waals surface area contributed by atoms with E-state index in [1.807, 2.05) is 7.05 Å². The van der Waals surface area contributed by atoms with Gasteiger partial charge in [0, 0.05) is 45.8 Å². The molecule has 3 amide bonds. The standard InChI is InChI=1S/C37H64N4O8/c1-24(23-37(6)34(49-37)27(4)33(47-8)28(5)42)12-11-13-25(2)32-26(3)15-16-29(48-32)22-31(43)38-17-10-9-14-30(35(44)45)39-36(46)41-20-18-40(7)19-21-41/h11-13,24,26-30,32-34,42H,9-10,14-23H2,1-8H3,(H,38,43)(H,39,46)(H,44,45)/b12-11+,25-13+/t24-,26+,27-,28-,29-,30-,32-,33-,34-,37-/m1/s1. The number of piperazine rings is 1. The van der Waals surface area contributed by atoms with Crippen molar-refractivity contribution in [1.82, 2.24) is 20.4 Å². The molecule has 3 fully saturated rings. The fraction of sp³-hybridized carbons (Fsp3) is 0.811. The van der Waals surface area contributed by atoms with Crippen molar-refractivity contribution >= 4 is 17.9 Å². The minimum atomic E-state index is -1.05. The largest absolute Gasteiger partial charge is 0.480 e. The summed E-state index contributed by atoms with van der Waals surface area (Å²) in [5.74, 6) is -0.367. The Morgan fingerprint density at radius 1 is 1.10 bits per heavy atom. The number of likely N-dealkylation sites (N-methyl/N-ethyl adjacent to an activating group) is 1. The normalized spacial score (nSPS) is 29.6. The number of allylic oxidation sites excluding steroid dienone is 3. The molecule has 0 saturated carbocycles. The van der Waals surface area contributed by atoms with Crippen molar-refractivity contribution in [3.05, 3.63) is 23.8 Å². The SMILES string of the molecule is CO[C@H]([C@@H](C)[C@H]1O[C@]1(C)C[C@H](C)/C=C/C=C(\C)[C@H]1O[C@@H](CC(=O)NCCCC[C@@H](NC(=O)N2CCN(C)CC2)C(=O)O)CC[C@@H]1C)[C@@H](C)O. The fourth-order valence-electron chi connectivity index (χ4n) is 7.51. The lowest BCUT2D eigenvalue weighted by Crippen LogP contribution is -2.53. The van der Waals surface area contributed by atoms with E-state index in [9.17, 15) is 24.6 Å². The molecule has 49 heavy (non-hydrogen) atoms. The fourth-order valence-corrected chi connectivity index (χ4v) is 7.51. The molecule has 0 aromatic heterocycles. The molecule has 3 heterocycles. The lowest BCUT2D eigenvalue weighted by atomic mass is 9.85. The first-order chi connectivity index (χ1) is 23.1. The number of carbonyl (C=O) groups is 3. The van der Waals surface area contributed by atoms with Gasteiger partial charge >= 0.3 is 12.0 Å². The monoisotopic (exact) mass is 692 g/mol. The number of hydrogen-bond donors (Lipinski definition) is 4. The van der Waals surface area contributed by atoms with Crippen LogP contribution >= 0.6 is 0 Å². The number of aliphatic carboxylic acids is 1. The number of urea groups is 1. The predicted molar refractivity (Wildman–Crippen MR) is 189 cm³/mol. The molecule has 4 N–H and O–H groups in total. The first kappa shape index (κ1) is 40.9. The second kappa shape index (κ2) is 19.2. The third-order valence-corrected chi connectivity index (χ3v) is 10.5. The number of amides is 3. The van der Waals surface area contributed by atoms with Crippen LogP contribution in [-0.2, 0) is 23.8 Å². The molecule has 0 aliphatic carbocycles. The Morgan fingerprint density at radius 2 is 1.80 bits per heavy atom. The second-order valence-electron chi connectivity index (χ2n) is 15.0. The molecule has 3 saturated heterocycles. The first-order valence-electron chi connectivity index (χ1n) is 18.3. The van der Waals surface area contributed by atoms with E-state index < -0.39 is 18.1 Å². The maximum absolute atomic E-state index is 12.7. The van der Waals surface area contributed by atoms with Gasteiger partial charge in [-0.1, -0.05) is 39.0 Å². The number of hydrogen-bond acceptors (Lipinski definition) is 8. The highest BCUT2D eigenvalue weighted by Crippen LogP contribution is 2.47. The van der Waals surface area contributed by atoms with Crippen molar-refractivity contribution in [1.29, 1.82) is 0 Å². The molecule has 12 heteroatoms. The Bertz CT molecular complexity index is 1140. The molecule has 0 bridgehead atoms. The highest BCUT2D eigenvalue weighted by Gasteiger charge is 2.56. The molecule has 0 unspecified atom stereocenters. The number of aliphatic hydroxyl groups is 1. The molecule has 12 nitrogen and oxygen atoms in total. The Labute approximate surface area is 294 Å². The van der Waals surface area contributed by atoms with Crippen LogP contribution in [0.5, 0.6) is 0 Å². The van der Waals surface area contributed by atoms with E-state index >= 15 is 0 Å². The average molecular weight is 693 g/mol. The van der Waals surface area contributed by atoms with Crippen molar-refractivity contribution < 1.29 is 38.8 Å². The second-order valence-corrected chi connectivity index (χ2v) is 15.0. The number of epoxide rings is 1. The van der Waals surface area contributed by atoms with Crippen molar-refractivity contribution in [3.8, 4) is 0 Å². The Kier molecular flexibility index (Phi) is 16.0. The number of nitrogens with zero attached hydrogens (tertiary/aromatic N) is 2. The van der Waals surface area contributed by atoms with Gasteiger partial charge in [0.2, 0.25) is 5.91 Å². The van der Waals surface area contributed by atoms with Crippen LogP contribution in [-0.4, -0.2) is 127 Å². The molecule has 3 rings (SSSR count). The lowest BCUT2D eigenvalue weighted by molar-refractivity contribution is -0.139. The minimum Gasteiger partial charge on any atom is -0.480 e. The maximum atomic E-state index is 12.7. The van der Waals surface area contributed by atoms with Gasteiger partial charge in [0.25, 0.3) is 0 Å². The van der Waals surface area contributed by atoms with Crippen LogP contribution in [0.15, 0.2) is 23.8 Å². The highest BCUT2D eigenvalue weighted by molar-refractivity contribution is 5.82. The third kappa shape index (κ3) is 12.6.